The number of carbonyl (C=O) groups is 2. The number of halogens is 1. The smallest absolute Gasteiger partial charge is 0.305 e. The molecule has 17 heavy (non-hydrogen) atoms. The van der Waals surface area contributed by atoms with Crippen molar-refractivity contribution in [3.05, 3.63) is 29.3 Å². The predicted octanol–water partition coefficient (Wildman–Crippen LogP) is 2.02. The third kappa shape index (κ3) is 5.60. The van der Waals surface area contributed by atoms with Crippen molar-refractivity contribution >= 4 is 35.2 Å². The van der Waals surface area contributed by atoms with E-state index in [1.165, 1.54) is 11.8 Å². The Morgan fingerprint density at radius 3 is 2.71 bits per heavy atom. The monoisotopic (exact) mass is 273 g/mol. The van der Waals surface area contributed by atoms with Crippen LogP contribution in [0.1, 0.15) is 6.42 Å². The highest BCUT2D eigenvalue weighted by molar-refractivity contribution is 8.00. The first-order valence-electron chi connectivity index (χ1n) is 4.95. The van der Waals surface area contributed by atoms with Gasteiger partial charge in [-0.3, -0.25) is 9.59 Å². The van der Waals surface area contributed by atoms with E-state index in [-0.39, 0.29) is 24.6 Å². The summed E-state index contributed by atoms with van der Waals surface area (Å²) < 4.78 is 0. The van der Waals surface area contributed by atoms with Crippen LogP contribution in [0.4, 0.5) is 0 Å². The van der Waals surface area contributed by atoms with Crippen molar-refractivity contribution in [2.75, 3.05) is 12.3 Å². The van der Waals surface area contributed by atoms with E-state index in [1.54, 1.807) is 6.07 Å². The lowest BCUT2D eigenvalue weighted by Gasteiger charge is -2.04. The molecule has 0 fully saturated rings. The lowest BCUT2D eigenvalue weighted by atomic mass is 10.4. The van der Waals surface area contributed by atoms with E-state index in [1.807, 2.05) is 18.2 Å². The van der Waals surface area contributed by atoms with E-state index in [0.717, 1.165) is 4.90 Å². The van der Waals surface area contributed by atoms with Crippen LogP contribution in [0.25, 0.3) is 0 Å². The minimum Gasteiger partial charge on any atom is -0.481 e. The molecule has 92 valence electrons. The number of carboxylic acid groups (broad SMARTS) is 1. The maximum Gasteiger partial charge on any atom is 0.305 e. The average Bonchev–Trinajstić information content (AvgIpc) is 2.27. The van der Waals surface area contributed by atoms with Crippen LogP contribution in [-0.2, 0) is 9.59 Å². The standard InChI is InChI=1S/C11H12ClNO3S/c12-8-3-1-2-4-9(8)17-7-10(14)13-6-5-11(15)16/h1-4H,5-7H2,(H,13,14)(H,15,16). The Labute approximate surface area is 108 Å². The van der Waals surface area contributed by atoms with E-state index in [4.69, 9.17) is 16.7 Å². The number of carboxylic acids is 1. The third-order valence-corrected chi connectivity index (χ3v) is 3.37. The largest absolute Gasteiger partial charge is 0.481 e. The Morgan fingerprint density at radius 2 is 2.06 bits per heavy atom. The first-order valence-corrected chi connectivity index (χ1v) is 6.32. The van der Waals surface area contributed by atoms with Gasteiger partial charge in [0.1, 0.15) is 0 Å². The predicted molar refractivity (Wildman–Crippen MR) is 67.4 cm³/mol. The molecule has 0 heterocycles. The van der Waals surface area contributed by atoms with Gasteiger partial charge in [-0.2, -0.15) is 0 Å². The van der Waals surface area contributed by atoms with Crippen molar-refractivity contribution in [1.82, 2.24) is 5.32 Å². The molecule has 0 unspecified atom stereocenters. The van der Waals surface area contributed by atoms with Gasteiger partial charge in [-0.25, -0.2) is 0 Å². The number of aliphatic carboxylic acids is 1. The molecule has 0 aliphatic carbocycles. The van der Waals surface area contributed by atoms with E-state index >= 15 is 0 Å². The Kier molecular flexibility index (Phi) is 5.86. The molecule has 1 aromatic carbocycles. The SMILES string of the molecule is O=C(O)CCNC(=O)CSc1ccccc1Cl. The van der Waals surface area contributed by atoms with Crippen LogP contribution >= 0.6 is 23.4 Å². The molecule has 6 heteroatoms. The van der Waals surface area contributed by atoms with Gasteiger partial charge in [-0.15, -0.1) is 11.8 Å². The summed E-state index contributed by atoms with van der Waals surface area (Å²) in [6, 6.07) is 7.25. The van der Waals surface area contributed by atoms with E-state index < -0.39 is 5.97 Å². The van der Waals surface area contributed by atoms with E-state index in [2.05, 4.69) is 5.32 Å². The molecule has 4 nitrogen and oxygen atoms in total. The van der Waals surface area contributed by atoms with Crippen LogP contribution < -0.4 is 5.32 Å². The van der Waals surface area contributed by atoms with Gasteiger partial charge in [0.15, 0.2) is 0 Å². The molecular weight excluding hydrogens is 262 g/mol. The van der Waals surface area contributed by atoms with Gasteiger partial charge in [-0.1, -0.05) is 23.7 Å². The van der Waals surface area contributed by atoms with Crippen molar-refractivity contribution in [2.24, 2.45) is 0 Å². The third-order valence-electron chi connectivity index (χ3n) is 1.86. The van der Waals surface area contributed by atoms with E-state index in [9.17, 15) is 9.59 Å². The fourth-order valence-electron chi connectivity index (χ4n) is 1.06. The van der Waals surface area contributed by atoms with Gasteiger partial charge in [0.2, 0.25) is 5.91 Å². The van der Waals surface area contributed by atoms with Crippen molar-refractivity contribution in [2.45, 2.75) is 11.3 Å². The lowest BCUT2D eigenvalue weighted by Crippen LogP contribution is -2.27. The number of hydrogen-bond donors (Lipinski definition) is 2. The fraction of sp³-hybridized carbons (Fsp3) is 0.273. The van der Waals surface area contributed by atoms with Crippen molar-refractivity contribution in [1.29, 1.82) is 0 Å². The molecule has 0 saturated heterocycles. The summed E-state index contributed by atoms with van der Waals surface area (Å²) in [7, 11) is 0. The van der Waals surface area contributed by atoms with Gasteiger partial charge in [0.25, 0.3) is 0 Å². The minimum atomic E-state index is -0.927. The van der Waals surface area contributed by atoms with Crippen LogP contribution in [0.3, 0.4) is 0 Å². The summed E-state index contributed by atoms with van der Waals surface area (Å²) in [5.41, 5.74) is 0. The van der Waals surface area contributed by atoms with Crippen LogP contribution in [-0.4, -0.2) is 29.3 Å². The second-order valence-electron chi connectivity index (χ2n) is 3.21. The van der Waals surface area contributed by atoms with Gasteiger partial charge >= 0.3 is 5.97 Å². The maximum absolute atomic E-state index is 11.3. The van der Waals surface area contributed by atoms with Crippen molar-refractivity contribution in [3.63, 3.8) is 0 Å². The highest BCUT2D eigenvalue weighted by Gasteiger charge is 2.05. The summed E-state index contributed by atoms with van der Waals surface area (Å²) in [6.45, 7) is 0.150. The minimum absolute atomic E-state index is 0.0670. The molecule has 0 aliphatic rings. The Hall–Kier alpha value is -1.20. The average molecular weight is 274 g/mol. The summed E-state index contributed by atoms with van der Waals surface area (Å²) >= 11 is 7.25. The number of carbonyl (C=O) groups excluding carboxylic acids is 1. The molecule has 0 spiro atoms. The Bertz CT molecular complexity index is 411. The Balaban J connectivity index is 2.29. The molecule has 0 aromatic heterocycles. The number of thioether (sulfide) groups is 1. The fourth-order valence-corrected chi connectivity index (χ4v) is 2.13. The second kappa shape index (κ2) is 7.19. The van der Waals surface area contributed by atoms with Crippen molar-refractivity contribution < 1.29 is 14.7 Å². The van der Waals surface area contributed by atoms with Gasteiger partial charge < -0.3 is 10.4 Å². The van der Waals surface area contributed by atoms with Crippen LogP contribution in [0.5, 0.6) is 0 Å². The molecule has 1 amide bonds. The number of hydrogen-bond acceptors (Lipinski definition) is 3. The molecule has 1 rings (SSSR count). The molecule has 0 saturated carbocycles. The zero-order valence-corrected chi connectivity index (χ0v) is 10.6. The quantitative estimate of drug-likeness (QED) is 0.778. The second-order valence-corrected chi connectivity index (χ2v) is 4.64. The number of benzene rings is 1. The summed E-state index contributed by atoms with van der Waals surface area (Å²) in [4.78, 5) is 22.4. The van der Waals surface area contributed by atoms with Gasteiger partial charge in [0, 0.05) is 11.4 Å². The van der Waals surface area contributed by atoms with Crippen molar-refractivity contribution in [3.8, 4) is 0 Å². The Morgan fingerprint density at radius 1 is 1.35 bits per heavy atom. The number of nitrogens with one attached hydrogen (secondary N) is 1. The lowest BCUT2D eigenvalue weighted by molar-refractivity contribution is -0.136. The zero-order chi connectivity index (χ0) is 12.7. The van der Waals surface area contributed by atoms with Gasteiger partial charge in [-0.05, 0) is 12.1 Å². The van der Waals surface area contributed by atoms with Crippen LogP contribution in [0, 0.1) is 0 Å². The first-order chi connectivity index (χ1) is 8.09. The summed E-state index contributed by atoms with van der Waals surface area (Å²) in [5, 5.41) is 11.5. The highest BCUT2D eigenvalue weighted by Crippen LogP contribution is 2.26. The summed E-state index contributed by atoms with van der Waals surface area (Å²) in [5.74, 6) is -0.899. The molecule has 0 aliphatic heterocycles. The molecule has 0 radical (unpaired) electrons. The van der Waals surface area contributed by atoms with Crippen LogP contribution in [0.15, 0.2) is 29.2 Å². The molecule has 2 N–H and O–H groups in total. The molecule has 0 bridgehead atoms. The van der Waals surface area contributed by atoms with Crippen LogP contribution in [0.2, 0.25) is 5.02 Å². The number of rotatable bonds is 6. The highest BCUT2D eigenvalue weighted by atomic mass is 35.5. The van der Waals surface area contributed by atoms with E-state index in [0.29, 0.717) is 5.02 Å². The number of amides is 1. The maximum atomic E-state index is 11.3. The normalized spacial score (nSPS) is 9.94. The zero-order valence-electron chi connectivity index (χ0n) is 8.98. The molecular formula is C11H12ClNO3S. The molecule has 0 atom stereocenters. The molecule has 1 aromatic rings. The topological polar surface area (TPSA) is 66.4 Å². The van der Waals surface area contributed by atoms with Gasteiger partial charge in [0.05, 0.1) is 17.2 Å². The first kappa shape index (κ1) is 13.9. The summed E-state index contributed by atoms with van der Waals surface area (Å²) in [6.07, 6.45) is -0.0670.